The van der Waals surface area contributed by atoms with Gasteiger partial charge in [0.15, 0.2) is 11.5 Å². The van der Waals surface area contributed by atoms with E-state index >= 15 is 0 Å². The Bertz CT molecular complexity index is 673. The van der Waals surface area contributed by atoms with Gasteiger partial charge in [0.2, 0.25) is 0 Å². The molecule has 0 bridgehead atoms. The number of nitrogens with zero attached hydrogens (tertiary/aromatic N) is 1. The van der Waals surface area contributed by atoms with Gasteiger partial charge in [0, 0.05) is 6.20 Å². The van der Waals surface area contributed by atoms with Crippen LogP contribution in [0.2, 0.25) is 0 Å². The van der Waals surface area contributed by atoms with Crippen molar-refractivity contribution >= 4 is 12.1 Å². The molecule has 0 aliphatic carbocycles. The molecule has 23 heavy (non-hydrogen) atoms. The Morgan fingerprint density at radius 1 is 1.39 bits per heavy atom. The number of halogens is 2. The number of rotatable bonds is 7. The summed E-state index contributed by atoms with van der Waals surface area (Å²) in [5.74, 6) is -0.282. The average molecular weight is 323 g/mol. The van der Waals surface area contributed by atoms with Crippen molar-refractivity contribution in [1.29, 1.82) is 0 Å². The van der Waals surface area contributed by atoms with Crippen LogP contribution in [0.3, 0.4) is 0 Å². The first kappa shape index (κ1) is 16.5. The van der Waals surface area contributed by atoms with Gasteiger partial charge in [0.1, 0.15) is 5.69 Å². The molecule has 1 amide bonds. The molecular weight excluding hydrogens is 308 g/mol. The van der Waals surface area contributed by atoms with Crippen molar-refractivity contribution in [2.45, 2.75) is 13.5 Å². The van der Waals surface area contributed by atoms with Gasteiger partial charge < -0.3 is 14.5 Å². The van der Waals surface area contributed by atoms with Crippen LogP contribution in [0.25, 0.3) is 0 Å². The van der Waals surface area contributed by atoms with Crippen LogP contribution in [0.5, 0.6) is 11.5 Å². The van der Waals surface area contributed by atoms with Gasteiger partial charge in [-0.05, 0) is 42.8 Å². The molecule has 0 saturated heterocycles. The maximum absolute atomic E-state index is 12.3. The maximum Gasteiger partial charge on any atom is 0.387 e. The first-order valence-electron chi connectivity index (χ1n) is 6.78. The van der Waals surface area contributed by atoms with E-state index in [0.717, 1.165) is 0 Å². The highest BCUT2D eigenvalue weighted by Crippen LogP contribution is 2.29. The Kier molecular flexibility index (Phi) is 5.67. The second-order valence-electron chi connectivity index (χ2n) is 4.30. The van der Waals surface area contributed by atoms with E-state index in [2.05, 4.69) is 20.2 Å². The van der Waals surface area contributed by atoms with Crippen LogP contribution in [0.4, 0.5) is 8.78 Å². The number of benzene rings is 1. The van der Waals surface area contributed by atoms with Crippen molar-refractivity contribution in [3.05, 3.63) is 47.8 Å². The van der Waals surface area contributed by atoms with Crippen LogP contribution in [-0.2, 0) is 0 Å². The minimum absolute atomic E-state index is 0.0607. The fraction of sp³-hybridized carbons (Fsp3) is 0.200. The number of carbonyl (C=O) groups excluding carboxylic acids is 1. The highest BCUT2D eigenvalue weighted by Gasteiger charge is 2.11. The fourth-order valence-electron chi connectivity index (χ4n) is 1.76. The average Bonchev–Trinajstić information content (AvgIpc) is 3.04. The molecular formula is C15H15F2N3O3. The number of ether oxygens (including phenoxy) is 2. The van der Waals surface area contributed by atoms with Crippen molar-refractivity contribution in [2.24, 2.45) is 5.10 Å². The molecule has 0 radical (unpaired) electrons. The summed E-state index contributed by atoms with van der Waals surface area (Å²) in [6.07, 6.45) is 2.99. The lowest BCUT2D eigenvalue weighted by atomic mass is 10.2. The van der Waals surface area contributed by atoms with Crippen molar-refractivity contribution in [3.8, 4) is 11.5 Å². The Balaban J connectivity index is 2.05. The molecule has 2 N–H and O–H groups in total. The smallest absolute Gasteiger partial charge is 0.387 e. The molecule has 122 valence electrons. The number of hydrazone groups is 1. The first-order chi connectivity index (χ1) is 11.1. The molecule has 0 unspecified atom stereocenters. The summed E-state index contributed by atoms with van der Waals surface area (Å²) in [5.41, 5.74) is 3.27. The summed E-state index contributed by atoms with van der Waals surface area (Å²) in [7, 11) is 0. The lowest BCUT2D eigenvalue weighted by molar-refractivity contribution is -0.0514. The number of hydrogen-bond acceptors (Lipinski definition) is 4. The van der Waals surface area contributed by atoms with Crippen LogP contribution < -0.4 is 14.9 Å². The van der Waals surface area contributed by atoms with Crippen LogP contribution in [0.15, 0.2) is 41.6 Å². The zero-order chi connectivity index (χ0) is 16.7. The van der Waals surface area contributed by atoms with Gasteiger partial charge in [-0.25, -0.2) is 5.43 Å². The Labute approximate surface area is 131 Å². The van der Waals surface area contributed by atoms with E-state index in [9.17, 15) is 13.6 Å². The number of hydrogen-bond donors (Lipinski definition) is 2. The minimum atomic E-state index is -2.94. The molecule has 2 aromatic rings. The molecule has 0 atom stereocenters. The number of nitrogens with one attached hydrogen (secondary N) is 2. The number of aromatic amines is 1. The van der Waals surface area contributed by atoms with Crippen molar-refractivity contribution < 1.29 is 23.0 Å². The van der Waals surface area contributed by atoms with Gasteiger partial charge in [-0.2, -0.15) is 13.9 Å². The van der Waals surface area contributed by atoms with E-state index in [4.69, 9.17) is 4.74 Å². The summed E-state index contributed by atoms with van der Waals surface area (Å²) in [5, 5.41) is 3.80. The monoisotopic (exact) mass is 323 g/mol. The normalized spacial score (nSPS) is 11.0. The standard InChI is InChI=1S/C15H15F2N3O3/c1-2-22-13-8-10(5-6-12(13)23-15(16)17)9-19-20-14(21)11-4-3-7-18-11/h3-9,15,18H,2H2,1H3,(H,20,21)/b19-9-. The third-order valence-electron chi connectivity index (χ3n) is 2.71. The molecule has 1 heterocycles. The van der Waals surface area contributed by atoms with Crippen LogP contribution >= 0.6 is 0 Å². The van der Waals surface area contributed by atoms with Crippen molar-refractivity contribution in [2.75, 3.05) is 6.61 Å². The summed E-state index contributed by atoms with van der Waals surface area (Å²) in [6, 6.07) is 7.66. The molecule has 0 aliphatic rings. The summed E-state index contributed by atoms with van der Waals surface area (Å²) in [6.45, 7) is -0.915. The second-order valence-corrected chi connectivity index (χ2v) is 4.30. The summed E-state index contributed by atoms with van der Waals surface area (Å²) in [4.78, 5) is 14.4. The van der Waals surface area contributed by atoms with Gasteiger partial charge in [0.05, 0.1) is 12.8 Å². The predicted molar refractivity (Wildman–Crippen MR) is 80.1 cm³/mol. The zero-order valence-electron chi connectivity index (χ0n) is 12.3. The zero-order valence-corrected chi connectivity index (χ0v) is 12.3. The Morgan fingerprint density at radius 3 is 2.87 bits per heavy atom. The molecule has 0 aliphatic heterocycles. The number of H-pyrrole nitrogens is 1. The number of alkyl halides is 2. The van der Waals surface area contributed by atoms with E-state index in [1.54, 1.807) is 25.3 Å². The topological polar surface area (TPSA) is 75.7 Å². The highest BCUT2D eigenvalue weighted by atomic mass is 19.3. The SMILES string of the molecule is CCOc1cc(/C=N\NC(=O)c2ccc[nH]2)ccc1OC(F)F. The lowest BCUT2D eigenvalue weighted by Crippen LogP contribution is -2.17. The maximum atomic E-state index is 12.3. The van der Waals surface area contributed by atoms with Gasteiger partial charge in [-0.1, -0.05) is 0 Å². The molecule has 0 saturated carbocycles. The molecule has 0 spiro atoms. The minimum Gasteiger partial charge on any atom is -0.490 e. The third-order valence-corrected chi connectivity index (χ3v) is 2.71. The van der Waals surface area contributed by atoms with Crippen molar-refractivity contribution in [1.82, 2.24) is 10.4 Å². The molecule has 8 heteroatoms. The van der Waals surface area contributed by atoms with E-state index < -0.39 is 12.5 Å². The second kappa shape index (κ2) is 7.92. The van der Waals surface area contributed by atoms with E-state index in [1.165, 1.54) is 24.4 Å². The number of aromatic nitrogens is 1. The first-order valence-corrected chi connectivity index (χ1v) is 6.78. The fourth-order valence-corrected chi connectivity index (χ4v) is 1.76. The van der Waals surface area contributed by atoms with Gasteiger partial charge in [-0.3, -0.25) is 4.79 Å². The van der Waals surface area contributed by atoms with Gasteiger partial charge in [-0.15, -0.1) is 0 Å². The van der Waals surface area contributed by atoms with Gasteiger partial charge >= 0.3 is 6.61 Å². The third kappa shape index (κ3) is 4.80. The van der Waals surface area contributed by atoms with E-state index in [0.29, 0.717) is 17.9 Å². The van der Waals surface area contributed by atoms with Crippen LogP contribution in [-0.4, -0.2) is 30.3 Å². The van der Waals surface area contributed by atoms with E-state index in [-0.39, 0.29) is 11.5 Å². The highest BCUT2D eigenvalue weighted by molar-refractivity contribution is 5.93. The van der Waals surface area contributed by atoms with Crippen LogP contribution in [0, 0.1) is 0 Å². The lowest BCUT2D eigenvalue weighted by Gasteiger charge is -2.11. The van der Waals surface area contributed by atoms with Crippen LogP contribution in [0.1, 0.15) is 23.0 Å². The summed E-state index contributed by atoms with van der Waals surface area (Å²) >= 11 is 0. The van der Waals surface area contributed by atoms with Crippen molar-refractivity contribution in [3.63, 3.8) is 0 Å². The largest absolute Gasteiger partial charge is 0.490 e. The molecule has 6 nitrogen and oxygen atoms in total. The number of amides is 1. The summed E-state index contributed by atoms with van der Waals surface area (Å²) < 4.78 is 34.2. The Hall–Kier alpha value is -2.90. The molecule has 1 aromatic heterocycles. The van der Waals surface area contributed by atoms with E-state index in [1.807, 2.05) is 0 Å². The Morgan fingerprint density at radius 2 is 2.22 bits per heavy atom. The molecule has 0 fully saturated rings. The van der Waals surface area contributed by atoms with Gasteiger partial charge in [0.25, 0.3) is 5.91 Å². The molecule has 2 rings (SSSR count). The molecule has 1 aromatic carbocycles. The quantitative estimate of drug-likeness (QED) is 0.608. The number of carbonyl (C=O) groups is 1. The predicted octanol–water partition coefficient (Wildman–Crippen LogP) is 2.78.